The van der Waals surface area contributed by atoms with E-state index in [1.54, 1.807) is 23.0 Å². The van der Waals surface area contributed by atoms with E-state index in [1.807, 2.05) is 0 Å². The zero-order valence-corrected chi connectivity index (χ0v) is 11.1. The van der Waals surface area contributed by atoms with Crippen LogP contribution in [-0.4, -0.2) is 20.9 Å². The van der Waals surface area contributed by atoms with Crippen LogP contribution in [0.5, 0.6) is 0 Å². The first-order valence-corrected chi connectivity index (χ1v) is 6.40. The molecule has 0 aliphatic heterocycles. The van der Waals surface area contributed by atoms with E-state index < -0.39 is 11.6 Å². The lowest BCUT2D eigenvalue weighted by Gasteiger charge is -2.08. The standard InChI is InChI=1S/C14H13F2N5/c15-10-5-9(6-11(16)7-10)1-2-18-13-14-19-3-4-21(14)8-12(17)20-13/h3-8H,1-2,17H2,(H,18,20). The molecule has 7 heteroatoms. The fraction of sp³-hybridized carbons (Fsp3) is 0.143. The van der Waals surface area contributed by atoms with Crippen LogP contribution >= 0.6 is 0 Å². The quantitative estimate of drug-likeness (QED) is 0.773. The maximum absolute atomic E-state index is 13.1. The lowest BCUT2D eigenvalue weighted by Crippen LogP contribution is -2.09. The molecular weight excluding hydrogens is 276 g/mol. The molecule has 21 heavy (non-hydrogen) atoms. The van der Waals surface area contributed by atoms with Gasteiger partial charge in [0.2, 0.25) is 0 Å². The Morgan fingerprint density at radius 2 is 1.95 bits per heavy atom. The van der Waals surface area contributed by atoms with Crippen LogP contribution in [0.15, 0.2) is 36.8 Å². The molecule has 0 atom stereocenters. The number of nitrogen functional groups attached to an aromatic ring is 1. The van der Waals surface area contributed by atoms with Crippen LogP contribution in [-0.2, 0) is 6.42 Å². The molecule has 108 valence electrons. The lowest BCUT2D eigenvalue weighted by molar-refractivity contribution is 0.580. The summed E-state index contributed by atoms with van der Waals surface area (Å²) >= 11 is 0. The van der Waals surface area contributed by atoms with Gasteiger partial charge < -0.3 is 15.5 Å². The number of nitrogens with one attached hydrogen (secondary N) is 1. The van der Waals surface area contributed by atoms with Crippen LogP contribution in [0.2, 0.25) is 0 Å². The number of nitrogens with two attached hydrogens (primary N) is 1. The van der Waals surface area contributed by atoms with E-state index >= 15 is 0 Å². The van der Waals surface area contributed by atoms with Crippen molar-refractivity contribution < 1.29 is 8.78 Å². The number of halogens is 2. The summed E-state index contributed by atoms with van der Waals surface area (Å²) in [5.41, 5.74) is 6.93. The summed E-state index contributed by atoms with van der Waals surface area (Å²) in [7, 11) is 0. The predicted molar refractivity (Wildman–Crippen MR) is 76.0 cm³/mol. The largest absolute Gasteiger partial charge is 0.382 e. The minimum absolute atomic E-state index is 0.361. The van der Waals surface area contributed by atoms with Gasteiger partial charge in [0.05, 0.1) is 6.20 Å². The van der Waals surface area contributed by atoms with Gasteiger partial charge >= 0.3 is 0 Å². The van der Waals surface area contributed by atoms with Gasteiger partial charge in [0, 0.05) is 25.0 Å². The number of aromatic nitrogens is 3. The second-order valence-electron chi connectivity index (χ2n) is 4.63. The Morgan fingerprint density at radius 1 is 1.19 bits per heavy atom. The van der Waals surface area contributed by atoms with E-state index in [-0.39, 0.29) is 0 Å². The van der Waals surface area contributed by atoms with Crippen molar-refractivity contribution in [3.8, 4) is 0 Å². The molecule has 3 aromatic rings. The average molecular weight is 289 g/mol. The van der Waals surface area contributed by atoms with Gasteiger partial charge in [-0.1, -0.05) is 0 Å². The SMILES string of the molecule is Nc1cn2ccnc2c(NCCc2cc(F)cc(F)c2)n1. The number of benzene rings is 1. The molecule has 0 spiro atoms. The highest BCUT2D eigenvalue weighted by Gasteiger charge is 2.06. The van der Waals surface area contributed by atoms with Crippen molar-refractivity contribution in [3.05, 3.63) is 54.0 Å². The monoisotopic (exact) mass is 289 g/mol. The van der Waals surface area contributed by atoms with Gasteiger partial charge in [0.1, 0.15) is 17.5 Å². The fourth-order valence-electron chi connectivity index (χ4n) is 2.15. The highest BCUT2D eigenvalue weighted by molar-refractivity contribution is 5.64. The first-order valence-electron chi connectivity index (χ1n) is 6.40. The van der Waals surface area contributed by atoms with Crippen molar-refractivity contribution >= 4 is 17.3 Å². The zero-order valence-electron chi connectivity index (χ0n) is 11.1. The summed E-state index contributed by atoms with van der Waals surface area (Å²) in [6.45, 7) is 0.460. The van der Waals surface area contributed by atoms with Crippen LogP contribution in [0.3, 0.4) is 0 Å². The Balaban J connectivity index is 1.73. The molecule has 0 bridgehead atoms. The number of rotatable bonds is 4. The summed E-state index contributed by atoms with van der Waals surface area (Å²) in [5, 5.41) is 3.08. The Kier molecular flexibility index (Phi) is 3.39. The summed E-state index contributed by atoms with van der Waals surface area (Å²) in [6.07, 6.45) is 5.53. The molecule has 0 aliphatic carbocycles. The maximum Gasteiger partial charge on any atom is 0.180 e. The van der Waals surface area contributed by atoms with Crippen LogP contribution in [0.25, 0.3) is 5.65 Å². The molecule has 5 nitrogen and oxygen atoms in total. The molecule has 2 aromatic heterocycles. The van der Waals surface area contributed by atoms with E-state index in [1.165, 1.54) is 12.1 Å². The number of hydrogen-bond donors (Lipinski definition) is 2. The molecule has 0 fully saturated rings. The van der Waals surface area contributed by atoms with E-state index in [4.69, 9.17) is 5.73 Å². The molecule has 1 aromatic carbocycles. The maximum atomic E-state index is 13.1. The van der Waals surface area contributed by atoms with Gasteiger partial charge in [0.15, 0.2) is 11.5 Å². The lowest BCUT2D eigenvalue weighted by atomic mass is 10.1. The van der Waals surface area contributed by atoms with Crippen molar-refractivity contribution in [1.29, 1.82) is 0 Å². The molecule has 0 unspecified atom stereocenters. The van der Waals surface area contributed by atoms with Crippen LogP contribution in [0, 0.1) is 11.6 Å². The smallest absolute Gasteiger partial charge is 0.180 e. The van der Waals surface area contributed by atoms with Crippen LogP contribution < -0.4 is 11.1 Å². The second-order valence-corrected chi connectivity index (χ2v) is 4.63. The van der Waals surface area contributed by atoms with Crippen molar-refractivity contribution in [2.45, 2.75) is 6.42 Å². The van der Waals surface area contributed by atoms with Crippen molar-refractivity contribution in [2.75, 3.05) is 17.6 Å². The van der Waals surface area contributed by atoms with Crippen LogP contribution in [0.4, 0.5) is 20.4 Å². The highest BCUT2D eigenvalue weighted by atomic mass is 19.1. The Bertz CT molecular complexity index is 764. The van der Waals surface area contributed by atoms with E-state index in [0.29, 0.717) is 35.8 Å². The summed E-state index contributed by atoms with van der Waals surface area (Å²) < 4.78 is 27.9. The van der Waals surface area contributed by atoms with Gasteiger partial charge in [-0.3, -0.25) is 0 Å². The number of fused-ring (bicyclic) bond motifs is 1. The van der Waals surface area contributed by atoms with Gasteiger partial charge in [-0.05, 0) is 24.1 Å². The zero-order chi connectivity index (χ0) is 14.8. The molecule has 2 heterocycles. The number of imidazole rings is 1. The second kappa shape index (κ2) is 5.35. The van der Waals surface area contributed by atoms with Crippen molar-refractivity contribution in [1.82, 2.24) is 14.4 Å². The molecule has 3 rings (SSSR count). The molecule has 0 saturated carbocycles. The topological polar surface area (TPSA) is 68.2 Å². The third kappa shape index (κ3) is 2.91. The van der Waals surface area contributed by atoms with Crippen molar-refractivity contribution in [3.63, 3.8) is 0 Å². The number of nitrogens with zero attached hydrogens (tertiary/aromatic N) is 3. The Hall–Kier alpha value is -2.70. The minimum Gasteiger partial charge on any atom is -0.382 e. The van der Waals surface area contributed by atoms with E-state index in [9.17, 15) is 8.78 Å². The molecule has 0 radical (unpaired) electrons. The minimum atomic E-state index is -0.581. The Labute approximate surface area is 119 Å². The molecule has 0 aliphatic rings. The van der Waals surface area contributed by atoms with E-state index in [0.717, 1.165) is 6.07 Å². The molecule has 0 amide bonds. The highest BCUT2D eigenvalue weighted by Crippen LogP contribution is 2.15. The molecule has 0 saturated heterocycles. The summed E-state index contributed by atoms with van der Waals surface area (Å²) in [5.74, 6) is -0.262. The first kappa shape index (κ1) is 13.3. The summed E-state index contributed by atoms with van der Waals surface area (Å²) in [4.78, 5) is 8.35. The van der Waals surface area contributed by atoms with Gasteiger partial charge in [-0.25, -0.2) is 18.7 Å². The molecule has 3 N–H and O–H groups in total. The van der Waals surface area contributed by atoms with Crippen LogP contribution in [0.1, 0.15) is 5.56 Å². The third-order valence-electron chi connectivity index (χ3n) is 3.02. The van der Waals surface area contributed by atoms with Gasteiger partial charge in [0.25, 0.3) is 0 Å². The normalized spacial score (nSPS) is 11.0. The predicted octanol–water partition coefficient (Wildman–Crippen LogP) is 2.24. The summed E-state index contributed by atoms with van der Waals surface area (Å²) in [6, 6.07) is 3.47. The molecular formula is C14H13F2N5. The van der Waals surface area contributed by atoms with Gasteiger partial charge in [-0.15, -0.1) is 0 Å². The van der Waals surface area contributed by atoms with Crippen molar-refractivity contribution in [2.24, 2.45) is 0 Å². The Morgan fingerprint density at radius 3 is 2.71 bits per heavy atom. The van der Waals surface area contributed by atoms with Gasteiger partial charge in [-0.2, -0.15) is 0 Å². The fourth-order valence-corrected chi connectivity index (χ4v) is 2.15. The third-order valence-corrected chi connectivity index (χ3v) is 3.02. The number of hydrogen-bond acceptors (Lipinski definition) is 4. The average Bonchev–Trinajstić information content (AvgIpc) is 2.85. The van der Waals surface area contributed by atoms with E-state index in [2.05, 4.69) is 15.3 Å². The first-order chi connectivity index (χ1) is 10.1. The number of anilines is 2.